The van der Waals surface area contributed by atoms with Gasteiger partial charge >= 0.3 is 11.4 Å². The highest BCUT2D eigenvalue weighted by Gasteiger charge is 1.98. The fourth-order valence-corrected chi connectivity index (χ4v) is 0.578. The summed E-state index contributed by atoms with van der Waals surface area (Å²) in [7, 11) is 4.71. The predicted octanol–water partition coefficient (Wildman–Crippen LogP) is -1.86. The lowest BCUT2D eigenvalue weighted by atomic mass is 10.1. The number of nitrogens with one attached hydrogen (secondary N) is 1. The Bertz CT molecular complexity index is 354. The van der Waals surface area contributed by atoms with Crippen molar-refractivity contribution in [3.05, 3.63) is 26.8 Å². The Kier molecular flexibility index (Phi) is 1.59. The number of aromatic amines is 1. The number of rotatable bonds is 1. The van der Waals surface area contributed by atoms with E-state index in [4.69, 9.17) is 9.22 Å². The molecule has 11 heavy (non-hydrogen) atoms. The van der Waals surface area contributed by atoms with Gasteiger partial charge in [0.1, 0.15) is 5.82 Å². The predicted molar refractivity (Wildman–Crippen MR) is 39.6 cm³/mol. The van der Waals surface area contributed by atoms with Crippen molar-refractivity contribution in [3.8, 4) is 0 Å². The van der Waals surface area contributed by atoms with E-state index in [1.165, 1.54) is 0 Å². The molecule has 1 aromatic rings. The molecule has 1 N–H and O–H groups in total. The van der Waals surface area contributed by atoms with Crippen molar-refractivity contribution in [3.63, 3.8) is 0 Å². The molecule has 6 heteroatoms. The maximum absolute atomic E-state index is 10.9. The second-order valence-corrected chi connectivity index (χ2v) is 1.90. The summed E-state index contributed by atoms with van der Waals surface area (Å²) in [5.41, 5.74) is -1.39. The Morgan fingerprint density at radius 3 is 3.00 bits per heavy atom. The Labute approximate surface area is 64.9 Å². The molecule has 0 atom stereocenters. The standard InChI is InChI=1S/C5H6BN3O2/c1-9-4(10)7-3(2-6)8-5(9)11/h2H2,1H3,(H,7,8,10,11)/i1D. The van der Waals surface area contributed by atoms with Crippen LogP contribution in [0.3, 0.4) is 0 Å². The third-order valence-electron chi connectivity index (χ3n) is 1.15. The number of nitrogens with zero attached hydrogens (tertiary/aromatic N) is 2. The molecule has 0 saturated heterocycles. The van der Waals surface area contributed by atoms with Crippen LogP contribution in [0.5, 0.6) is 0 Å². The molecule has 0 aromatic carbocycles. The molecule has 1 aromatic heterocycles. The lowest BCUT2D eigenvalue weighted by molar-refractivity contribution is 0.708. The molecule has 0 unspecified atom stereocenters. The van der Waals surface area contributed by atoms with Crippen molar-refractivity contribution < 1.29 is 1.37 Å². The quantitative estimate of drug-likeness (QED) is 0.479. The Hall–Kier alpha value is -1.33. The van der Waals surface area contributed by atoms with E-state index in [-0.39, 0.29) is 12.1 Å². The maximum Gasteiger partial charge on any atom is 0.353 e. The minimum absolute atomic E-state index is 0.00329. The second-order valence-electron chi connectivity index (χ2n) is 1.90. The van der Waals surface area contributed by atoms with Gasteiger partial charge in [0.2, 0.25) is 0 Å². The molecular weight excluding hydrogens is 145 g/mol. The average Bonchev–Trinajstić information content (AvgIpc) is 2.03. The first kappa shape index (κ1) is 6.39. The van der Waals surface area contributed by atoms with Gasteiger partial charge in [0, 0.05) is 8.39 Å². The zero-order valence-electron chi connectivity index (χ0n) is 6.70. The minimum Gasteiger partial charge on any atom is -0.296 e. The van der Waals surface area contributed by atoms with Gasteiger partial charge in [-0.1, -0.05) is 0 Å². The van der Waals surface area contributed by atoms with Gasteiger partial charge in [-0.05, 0) is 6.32 Å². The SMILES string of the molecule is [2H]Cn1c(=O)nc(C[B])[nH]c1=O. The molecule has 0 fully saturated rings. The van der Waals surface area contributed by atoms with E-state index >= 15 is 0 Å². The van der Waals surface area contributed by atoms with E-state index in [2.05, 4.69) is 9.97 Å². The molecule has 0 bridgehead atoms. The van der Waals surface area contributed by atoms with Gasteiger partial charge < -0.3 is 0 Å². The smallest absolute Gasteiger partial charge is 0.296 e. The molecule has 0 aliphatic heterocycles. The highest BCUT2D eigenvalue weighted by atomic mass is 16.2. The molecule has 0 amide bonds. The minimum atomic E-state index is -0.741. The van der Waals surface area contributed by atoms with Crippen LogP contribution in [0.1, 0.15) is 7.20 Å². The van der Waals surface area contributed by atoms with Gasteiger partial charge in [0.15, 0.2) is 0 Å². The third kappa shape index (κ3) is 1.39. The summed E-state index contributed by atoms with van der Waals surface area (Å²) in [5, 5.41) is 0. The summed E-state index contributed by atoms with van der Waals surface area (Å²) >= 11 is 0. The normalized spacial score (nSPS) is 11.1. The molecule has 5 nitrogen and oxygen atoms in total. The fourth-order valence-electron chi connectivity index (χ4n) is 0.578. The molecule has 0 saturated carbocycles. The van der Waals surface area contributed by atoms with E-state index in [1.54, 1.807) is 0 Å². The highest BCUT2D eigenvalue weighted by Crippen LogP contribution is 1.74. The van der Waals surface area contributed by atoms with Crippen molar-refractivity contribution in [1.82, 2.24) is 14.5 Å². The monoisotopic (exact) mass is 152 g/mol. The lowest BCUT2D eigenvalue weighted by Gasteiger charge is -1.96. The van der Waals surface area contributed by atoms with Crippen molar-refractivity contribution in [2.75, 3.05) is 0 Å². The number of hydrogen-bond acceptors (Lipinski definition) is 3. The van der Waals surface area contributed by atoms with Crippen LogP contribution in [0.15, 0.2) is 9.59 Å². The van der Waals surface area contributed by atoms with Crippen LogP contribution >= 0.6 is 0 Å². The Balaban J connectivity index is 3.39. The highest BCUT2D eigenvalue weighted by molar-refractivity contribution is 6.07. The van der Waals surface area contributed by atoms with Gasteiger partial charge in [-0.25, -0.2) is 14.2 Å². The average molecular weight is 152 g/mol. The summed E-state index contributed by atoms with van der Waals surface area (Å²) < 4.78 is 7.49. The van der Waals surface area contributed by atoms with E-state index in [1.807, 2.05) is 0 Å². The number of hydrogen-bond donors (Lipinski definition) is 1. The zero-order chi connectivity index (χ0) is 9.14. The largest absolute Gasteiger partial charge is 0.353 e. The lowest BCUT2D eigenvalue weighted by Crippen LogP contribution is -2.35. The van der Waals surface area contributed by atoms with E-state index in [9.17, 15) is 9.59 Å². The summed E-state index contributed by atoms with van der Waals surface area (Å²) in [6.45, 7) is 0. The summed E-state index contributed by atoms with van der Waals surface area (Å²) in [4.78, 5) is 27.5. The maximum atomic E-state index is 10.9. The van der Waals surface area contributed by atoms with E-state index in [0.29, 0.717) is 4.57 Å². The van der Waals surface area contributed by atoms with E-state index in [0.717, 1.165) is 0 Å². The van der Waals surface area contributed by atoms with Gasteiger partial charge in [-0.15, -0.1) is 0 Å². The van der Waals surface area contributed by atoms with Crippen molar-refractivity contribution >= 4 is 7.85 Å². The first-order valence-corrected chi connectivity index (χ1v) is 2.88. The van der Waals surface area contributed by atoms with Gasteiger partial charge in [0.25, 0.3) is 0 Å². The van der Waals surface area contributed by atoms with Crippen molar-refractivity contribution in [1.29, 1.82) is 0 Å². The van der Waals surface area contributed by atoms with Crippen LogP contribution in [0.25, 0.3) is 0 Å². The molecule has 1 heterocycles. The van der Waals surface area contributed by atoms with Gasteiger partial charge in [0.05, 0.1) is 7.85 Å². The summed E-state index contributed by atoms with van der Waals surface area (Å²) in [6.07, 6.45) is 0.00329. The van der Waals surface area contributed by atoms with Crippen LogP contribution in [-0.2, 0) is 13.3 Å². The molecule has 0 aliphatic rings. The number of H-pyrrole nitrogens is 1. The topological polar surface area (TPSA) is 67.8 Å². The van der Waals surface area contributed by atoms with Gasteiger partial charge in [-0.2, -0.15) is 4.98 Å². The summed E-state index contributed by atoms with van der Waals surface area (Å²) in [6, 6.07) is 0. The van der Waals surface area contributed by atoms with Crippen molar-refractivity contribution in [2.24, 2.45) is 7.02 Å². The third-order valence-corrected chi connectivity index (χ3v) is 1.15. The molecule has 2 radical (unpaired) electrons. The Morgan fingerprint density at radius 2 is 2.55 bits per heavy atom. The summed E-state index contributed by atoms with van der Waals surface area (Å²) in [5.74, 6) is 0.134. The second kappa shape index (κ2) is 2.73. The first-order valence-electron chi connectivity index (χ1n) is 3.59. The van der Waals surface area contributed by atoms with Crippen LogP contribution < -0.4 is 11.4 Å². The fraction of sp³-hybridized carbons (Fsp3) is 0.400. The van der Waals surface area contributed by atoms with Crippen LogP contribution in [0.4, 0.5) is 0 Å². The van der Waals surface area contributed by atoms with Crippen molar-refractivity contribution in [2.45, 2.75) is 6.32 Å². The number of aromatic nitrogens is 3. The zero-order valence-corrected chi connectivity index (χ0v) is 5.70. The van der Waals surface area contributed by atoms with E-state index < -0.39 is 18.4 Å². The Morgan fingerprint density at radius 1 is 1.82 bits per heavy atom. The molecule has 56 valence electrons. The molecule has 0 spiro atoms. The van der Waals surface area contributed by atoms with Gasteiger partial charge in [-0.3, -0.25) is 4.98 Å². The van der Waals surface area contributed by atoms with Crippen LogP contribution in [0, 0.1) is 0 Å². The van der Waals surface area contributed by atoms with Crippen LogP contribution in [0.2, 0.25) is 0 Å². The molecule has 1 rings (SSSR count). The van der Waals surface area contributed by atoms with Crippen LogP contribution in [-0.4, -0.2) is 22.4 Å². The first-order chi connectivity index (χ1) is 5.69. The molecule has 0 aliphatic carbocycles. The molecular formula is C5H6BN3O2.